The highest BCUT2D eigenvalue weighted by Crippen LogP contribution is 2.24. The van der Waals surface area contributed by atoms with Crippen LogP contribution in [0.3, 0.4) is 0 Å². The molecule has 1 saturated heterocycles. The minimum Gasteiger partial charge on any atom is -0.468 e. The molecule has 2 heterocycles. The van der Waals surface area contributed by atoms with Gasteiger partial charge in [0, 0.05) is 6.54 Å². The van der Waals surface area contributed by atoms with Crippen LogP contribution in [0.15, 0.2) is 22.8 Å². The average Bonchev–Trinajstić information content (AvgIpc) is 2.82. The maximum absolute atomic E-state index is 11.7. The molecule has 1 fully saturated rings. The highest BCUT2D eigenvalue weighted by molar-refractivity contribution is 7.89. The second-order valence-electron chi connectivity index (χ2n) is 5.23. The van der Waals surface area contributed by atoms with Gasteiger partial charge in [-0.3, -0.25) is 4.90 Å². The summed E-state index contributed by atoms with van der Waals surface area (Å²) in [6.45, 7) is 4.03. The molecule has 0 spiro atoms. The van der Waals surface area contributed by atoms with Crippen molar-refractivity contribution in [3.63, 3.8) is 0 Å². The van der Waals surface area contributed by atoms with Gasteiger partial charge >= 0.3 is 0 Å². The van der Waals surface area contributed by atoms with Crippen molar-refractivity contribution >= 4 is 10.0 Å². The molecule has 5 nitrogen and oxygen atoms in total. The van der Waals surface area contributed by atoms with E-state index in [0.29, 0.717) is 6.54 Å². The Kier molecular flexibility index (Phi) is 5.63. The van der Waals surface area contributed by atoms with Crippen molar-refractivity contribution in [3.05, 3.63) is 24.2 Å². The average molecular weight is 300 g/mol. The Balaban J connectivity index is 2.08. The summed E-state index contributed by atoms with van der Waals surface area (Å²) in [6.07, 6.45) is 6.48. The molecule has 2 rings (SSSR count). The van der Waals surface area contributed by atoms with Gasteiger partial charge in [-0.15, -0.1) is 0 Å². The molecule has 0 aliphatic carbocycles. The van der Waals surface area contributed by atoms with Gasteiger partial charge in [-0.05, 0) is 45.0 Å². The maximum atomic E-state index is 11.7. The number of nitrogens with one attached hydrogen (secondary N) is 1. The fourth-order valence-corrected chi connectivity index (χ4v) is 3.22. The standard InChI is InChI=1S/C14H24N2O3S/c1-2-20(17,18)15-12-13(14-8-7-11-19-14)16-9-5-3-4-6-10-16/h7-8,11,13,15H,2-6,9-10,12H2,1H3. The van der Waals surface area contributed by atoms with Crippen molar-refractivity contribution in [2.75, 3.05) is 25.4 Å². The molecule has 1 aliphatic rings. The van der Waals surface area contributed by atoms with Crippen molar-refractivity contribution in [3.8, 4) is 0 Å². The van der Waals surface area contributed by atoms with Crippen molar-refractivity contribution in [2.24, 2.45) is 0 Å². The summed E-state index contributed by atoms with van der Waals surface area (Å²) >= 11 is 0. The van der Waals surface area contributed by atoms with E-state index in [-0.39, 0.29) is 11.8 Å². The first-order chi connectivity index (χ1) is 9.62. The SMILES string of the molecule is CCS(=O)(=O)NCC(c1ccco1)N1CCCCCC1. The third kappa shape index (κ3) is 4.33. The zero-order valence-electron chi connectivity index (χ0n) is 12.0. The monoisotopic (exact) mass is 300 g/mol. The molecule has 0 aromatic carbocycles. The molecule has 0 amide bonds. The van der Waals surface area contributed by atoms with Crippen LogP contribution in [-0.2, 0) is 10.0 Å². The van der Waals surface area contributed by atoms with Crippen molar-refractivity contribution in [1.82, 2.24) is 9.62 Å². The van der Waals surface area contributed by atoms with Crippen molar-refractivity contribution in [1.29, 1.82) is 0 Å². The number of sulfonamides is 1. The first-order valence-electron chi connectivity index (χ1n) is 7.37. The maximum Gasteiger partial charge on any atom is 0.211 e. The largest absolute Gasteiger partial charge is 0.468 e. The number of hydrogen-bond acceptors (Lipinski definition) is 4. The molecule has 1 aromatic rings. The zero-order valence-corrected chi connectivity index (χ0v) is 12.9. The molecule has 1 N–H and O–H groups in total. The normalized spacial score (nSPS) is 19.6. The summed E-state index contributed by atoms with van der Waals surface area (Å²) in [5.41, 5.74) is 0. The van der Waals surface area contributed by atoms with Gasteiger partial charge in [-0.2, -0.15) is 0 Å². The van der Waals surface area contributed by atoms with Crippen LogP contribution in [0.1, 0.15) is 44.4 Å². The second kappa shape index (κ2) is 7.24. The van der Waals surface area contributed by atoms with E-state index in [1.54, 1.807) is 13.2 Å². The minimum absolute atomic E-state index is 0.00979. The fourth-order valence-electron chi connectivity index (χ4n) is 2.61. The molecule has 0 bridgehead atoms. The van der Waals surface area contributed by atoms with Crippen molar-refractivity contribution < 1.29 is 12.8 Å². The Bertz CT molecular complexity index is 477. The van der Waals surface area contributed by atoms with Gasteiger partial charge in [-0.25, -0.2) is 13.1 Å². The van der Waals surface area contributed by atoms with E-state index >= 15 is 0 Å². The molecule has 1 atom stereocenters. The first-order valence-corrected chi connectivity index (χ1v) is 9.02. The van der Waals surface area contributed by atoms with Crippen LogP contribution >= 0.6 is 0 Å². The van der Waals surface area contributed by atoms with E-state index in [0.717, 1.165) is 31.7 Å². The highest BCUT2D eigenvalue weighted by atomic mass is 32.2. The van der Waals surface area contributed by atoms with E-state index in [9.17, 15) is 8.42 Å². The molecule has 1 aromatic heterocycles. The molecule has 6 heteroatoms. The Labute approximate surface area is 121 Å². The van der Waals surface area contributed by atoms with Crippen LogP contribution in [0.4, 0.5) is 0 Å². The number of furan rings is 1. The number of hydrogen-bond donors (Lipinski definition) is 1. The van der Waals surface area contributed by atoms with Crippen LogP contribution in [0.2, 0.25) is 0 Å². The van der Waals surface area contributed by atoms with Gasteiger partial charge in [0.15, 0.2) is 0 Å². The summed E-state index contributed by atoms with van der Waals surface area (Å²) in [5.74, 6) is 0.948. The number of rotatable bonds is 6. The Morgan fingerprint density at radius 3 is 2.55 bits per heavy atom. The fraction of sp³-hybridized carbons (Fsp3) is 0.714. The van der Waals surface area contributed by atoms with Crippen LogP contribution in [0.5, 0.6) is 0 Å². The molecule has 0 saturated carbocycles. The molecule has 20 heavy (non-hydrogen) atoms. The third-order valence-corrected chi connectivity index (χ3v) is 5.20. The third-order valence-electron chi connectivity index (χ3n) is 3.83. The molecular formula is C14H24N2O3S. The lowest BCUT2D eigenvalue weighted by Crippen LogP contribution is -2.39. The quantitative estimate of drug-likeness (QED) is 0.874. The van der Waals surface area contributed by atoms with Gasteiger partial charge in [0.25, 0.3) is 0 Å². The number of nitrogens with zero attached hydrogens (tertiary/aromatic N) is 1. The molecular weight excluding hydrogens is 276 g/mol. The predicted octanol–water partition coefficient (Wildman–Crippen LogP) is 2.14. The van der Waals surface area contributed by atoms with Crippen LogP contribution in [0.25, 0.3) is 0 Å². The Morgan fingerprint density at radius 1 is 1.30 bits per heavy atom. The van der Waals surface area contributed by atoms with E-state index in [1.807, 2.05) is 12.1 Å². The summed E-state index contributed by atoms with van der Waals surface area (Å²) in [6, 6.07) is 3.77. The summed E-state index contributed by atoms with van der Waals surface area (Å²) < 4.78 is 31.5. The lowest BCUT2D eigenvalue weighted by Gasteiger charge is -2.29. The topological polar surface area (TPSA) is 62.6 Å². The predicted molar refractivity (Wildman–Crippen MR) is 79.0 cm³/mol. The highest BCUT2D eigenvalue weighted by Gasteiger charge is 2.24. The summed E-state index contributed by atoms with van der Waals surface area (Å²) in [7, 11) is -3.17. The Hall–Kier alpha value is -0.850. The van der Waals surface area contributed by atoms with E-state index in [2.05, 4.69) is 9.62 Å². The van der Waals surface area contributed by atoms with E-state index in [1.165, 1.54) is 12.8 Å². The van der Waals surface area contributed by atoms with Gasteiger partial charge in [0.05, 0.1) is 18.1 Å². The number of likely N-dealkylation sites (tertiary alicyclic amines) is 1. The van der Waals surface area contributed by atoms with Gasteiger partial charge in [0.1, 0.15) is 5.76 Å². The molecule has 0 radical (unpaired) electrons. The summed E-state index contributed by atoms with van der Waals surface area (Å²) in [4.78, 5) is 2.34. The summed E-state index contributed by atoms with van der Waals surface area (Å²) in [5, 5.41) is 0. The van der Waals surface area contributed by atoms with Crippen LogP contribution in [0, 0.1) is 0 Å². The first kappa shape index (κ1) is 15.5. The lowest BCUT2D eigenvalue weighted by molar-refractivity contribution is 0.182. The van der Waals surface area contributed by atoms with E-state index in [4.69, 9.17) is 4.42 Å². The van der Waals surface area contributed by atoms with E-state index < -0.39 is 10.0 Å². The van der Waals surface area contributed by atoms with Gasteiger partial charge in [0.2, 0.25) is 10.0 Å². The minimum atomic E-state index is -3.17. The van der Waals surface area contributed by atoms with Crippen molar-refractivity contribution in [2.45, 2.75) is 38.6 Å². The molecule has 1 unspecified atom stereocenters. The Morgan fingerprint density at radius 2 is 2.00 bits per heavy atom. The second-order valence-corrected chi connectivity index (χ2v) is 7.33. The molecule has 1 aliphatic heterocycles. The lowest BCUT2D eigenvalue weighted by atomic mass is 10.2. The zero-order chi connectivity index (χ0) is 14.4. The van der Waals surface area contributed by atoms with Crippen LogP contribution in [-0.4, -0.2) is 38.7 Å². The van der Waals surface area contributed by atoms with Gasteiger partial charge < -0.3 is 4.42 Å². The smallest absolute Gasteiger partial charge is 0.211 e. The van der Waals surface area contributed by atoms with Gasteiger partial charge in [-0.1, -0.05) is 12.8 Å². The molecule has 114 valence electrons. The van der Waals surface area contributed by atoms with Crippen LogP contribution < -0.4 is 4.72 Å².